The Labute approximate surface area is 102 Å². The number of benzene rings is 1. The normalized spacial score (nSPS) is 22.9. The van der Waals surface area contributed by atoms with E-state index in [9.17, 15) is 9.18 Å². The Hall–Kier alpha value is -0.900. The molecule has 2 nitrogen and oxygen atoms in total. The van der Waals surface area contributed by atoms with E-state index in [0.29, 0.717) is 16.9 Å². The Morgan fingerprint density at radius 1 is 1.56 bits per heavy atom. The highest BCUT2D eigenvalue weighted by atomic mass is 79.9. The largest absolute Gasteiger partial charge is 0.352 e. The maximum atomic E-state index is 13.0. The fourth-order valence-electron chi connectivity index (χ4n) is 1.72. The molecule has 0 aromatic heterocycles. The average Bonchev–Trinajstić information content (AvgIpc) is 2.90. The van der Waals surface area contributed by atoms with Gasteiger partial charge >= 0.3 is 0 Å². The lowest BCUT2D eigenvalue weighted by Gasteiger charge is -2.05. The van der Waals surface area contributed by atoms with Crippen molar-refractivity contribution in [3.63, 3.8) is 0 Å². The minimum atomic E-state index is -0.293. The monoisotopic (exact) mass is 285 g/mol. The average molecular weight is 286 g/mol. The third-order valence-electron chi connectivity index (χ3n) is 2.84. The SMILES string of the molecule is C[C@@H]1C[C@H]1C(=O)NCc1cc(F)cc(Br)c1. The van der Waals surface area contributed by atoms with Crippen LogP contribution < -0.4 is 5.32 Å². The van der Waals surface area contributed by atoms with Gasteiger partial charge in [-0.25, -0.2) is 4.39 Å². The summed E-state index contributed by atoms with van der Waals surface area (Å²) < 4.78 is 13.7. The lowest BCUT2D eigenvalue weighted by molar-refractivity contribution is -0.122. The minimum Gasteiger partial charge on any atom is -0.352 e. The van der Waals surface area contributed by atoms with E-state index in [1.54, 1.807) is 6.07 Å². The molecule has 1 saturated carbocycles. The van der Waals surface area contributed by atoms with Gasteiger partial charge in [0, 0.05) is 16.9 Å². The van der Waals surface area contributed by atoms with Gasteiger partial charge in [0.05, 0.1) is 0 Å². The summed E-state index contributed by atoms with van der Waals surface area (Å²) in [7, 11) is 0. The Balaban J connectivity index is 1.91. The minimum absolute atomic E-state index is 0.0767. The predicted octanol–water partition coefficient (Wildman–Crippen LogP) is 2.86. The molecule has 0 spiro atoms. The first kappa shape index (κ1) is 11.6. The molecular formula is C12H13BrFNO. The van der Waals surface area contributed by atoms with Crippen LogP contribution in [0.1, 0.15) is 18.9 Å². The van der Waals surface area contributed by atoms with Gasteiger partial charge in [0.25, 0.3) is 0 Å². The Morgan fingerprint density at radius 3 is 2.81 bits per heavy atom. The van der Waals surface area contributed by atoms with E-state index in [-0.39, 0.29) is 17.6 Å². The van der Waals surface area contributed by atoms with Crippen molar-refractivity contribution in [1.29, 1.82) is 0 Å². The van der Waals surface area contributed by atoms with Crippen LogP contribution in [-0.4, -0.2) is 5.91 Å². The van der Waals surface area contributed by atoms with Crippen LogP contribution in [0.25, 0.3) is 0 Å². The molecule has 16 heavy (non-hydrogen) atoms. The summed E-state index contributed by atoms with van der Waals surface area (Å²) in [5.74, 6) is 0.447. The maximum absolute atomic E-state index is 13.0. The molecule has 1 amide bonds. The molecule has 0 aliphatic heterocycles. The van der Waals surface area contributed by atoms with Crippen LogP contribution in [-0.2, 0) is 11.3 Å². The molecule has 1 aliphatic rings. The first-order valence-electron chi connectivity index (χ1n) is 5.29. The van der Waals surface area contributed by atoms with Gasteiger partial charge in [-0.2, -0.15) is 0 Å². The number of halogens is 2. The molecule has 0 radical (unpaired) electrons. The van der Waals surface area contributed by atoms with Crippen LogP contribution in [0.4, 0.5) is 4.39 Å². The lowest BCUT2D eigenvalue weighted by atomic mass is 10.2. The number of amides is 1. The molecule has 4 heteroatoms. The van der Waals surface area contributed by atoms with E-state index in [2.05, 4.69) is 28.2 Å². The van der Waals surface area contributed by atoms with Crippen molar-refractivity contribution < 1.29 is 9.18 Å². The van der Waals surface area contributed by atoms with Gasteiger partial charge in [0.15, 0.2) is 0 Å². The number of carbonyl (C=O) groups is 1. The lowest BCUT2D eigenvalue weighted by Crippen LogP contribution is -2.24. The Morgan fingerprint density at radius 2 is 2.25 bits per heavy atom. The second-order valence-electron chi connectivity index (χ2n) is 4.31. The van der Waals surface area contributed by atoms with E-state index < -0.39 is 0 Å². The van der Waals surface area contributed by atoms with Crippen molar-refractivity contribution in [2.45, 2.75) is 19.9 Å². The second-order valence-corrected chi connectivity index (χ2v) is 5.23. The van der Waals surface area contributed by atoms with Gasteiger partial charge < -0.3 is 5.32 Å². The molecule has 1 aliphatic carbocycles. The summed E-state index contributed by atoms with van der Waals surface area (Å²) in [6, 6.07) is 4.63. The number of hydrogen-bond acceptors (Lipinski definition) is 1. The quantitative estimate of drug-likeness (QED) is 0.909. The third kappa shape index (κ3) is 2.82. The van der Waals surface area contributed by atoms with E-state index in [1.165, 1.54) is 12.1 Å². The van der Waals surface area contributed by atoms with Crippen LogP contribution in [0, 0.1) is 17.7 Å². The van der Waals surface area contributed by atoms with Gasteiger partial charge in [-0.15, -0.1) is 0 Å². The molecule has 1 aromatic rings. The van der Waals surface area contributed by atoms with Gasteiger partial charge in [0.2, 0.25) is 5.91 Å². The Bertz CT molecular complexity index is 401. The van der Waals surface area contributed by atoms with E-state index in [4.69, 9.17) is 0 Å². The molecule has 1 aromatic carbocycles. The van der Waals surface area contributed by atoms with Crippen molar-refractivity contribution in [3.8, 4) is 0 Å². The zero-order valence-electron chi connectivity index (χ0n) is 8.97. The molecule has 86 valence electrons. The van der Waals surface area contributed by atoms with Crippen molar-refractivity contribution in [2.75, 3.05) is 0 Å². The third-order valence-corrected chi connectivity index (χ3v) is 3.29. The molecule has 1 N–H and O–H groups in total. The predicted molar refractivity (Wildman–Crippen MR) is 63.2 cm³/mol. The van der Waals surface area contributed by atoms with E-state index in [0.717, 1.165) is 12.0 Å². The van der Waals surface area contributed by atoms with Crippen molar-refractivity contribution >= 4 is 21.8 Å². The summed E-state index contributed by atoms with van der Waals surface area (Å²) in [5, 5.41) is 2.82. The highest BCUT2D eigenvalue weighted by Crippen LogP contribution is 2.37. The van der Waals surface area contributed by atoms with Gasteiger partial charge in [0.1, 0.15) is 5.82 Å². The van der Waals surface area contributed by atoms with E-state index >= 15 is 0 Å². The highest BCUT2D eigenvalue weighted by molar-refractivity contribution is 9.10. The number of hydrogen-bond donors (Lipinski definition) is 1. The molecule has 1 fully saturated rings. The summed E-state index contributed by atoms with van der Waals surface area (Å²) in [4.78, 5) is 11.5. The van der Waals surface area contributed by atoms with Gasteiger partial charge in [-0.1, -0.05) is 22.9 Å². The van der Waals surface area contributed by atoms with Gasteiger partial charge in [-0.3, -0.25) is 4.79 Å². The first-order chi connectivity index (χ1) is 7.56. The molecular weight excluding hydrogens is 273 g/mol. The summed E-state index contributed by atoms with van der Waals surface area (Å²) in [5.41, 5.74) is 0.772. The van der Waals surface area contributed by atoms with Crippen LogP contribution in [0.3, 0.4) is 0 Å². The van der Waals surface area contributed by atoms with Crippen molar-refractivity contribution in [3.05, 3.63) is 34.1 Å². The zero-order chi connectivity index (χ0) is 11.7. The molecule has 2 atom stereocenters. The molecule has 2 rings (SSSR count). The van der Waals surface area contributed by atoms with Crippen molar-refractivity contribution in [2.24, 2.45) is 11.8 Å². The first-order valence-corrected chi connectivity index (χ1v) is 6.08. The number of carbonyl (C=O) groups excluding carboxylic acids is 1. The fraction of sp³-hybridized carbons (Fsp3) is 0.417. The van der Waals surface area contributed by atoms with Crippen LogP contribution in [0.2, 0.25) is 0 Å². The summed E-state index contributed by atoms with van der Waals surface area (Å²) in [6.45, 7) is 2.45. The molecule has 0 unspecified atom stereocenters. The summed E-state index contributed by atoms with van der Waals surface area (Å²) >= 11 is 3.22. The highest BCUT2D eigenvalue weighted by Gasteiger charge is 2.38. The second kappa shape index (κ2) is 4.53. The van der Waals surface area contributed by atoms with Gasteiger partial charge in [-0.05, 0) is 36.1 Å². The zero-order valence-corrected chi connectivity index (χ0v) is 10.6. The molecule has 0 saturated heterocycles. The van der Waals surface area contributed by atoms with Crippen LogP contribution in [0.15, 0.2) is 22.7 Å². The topological polar surface area (TPSA) is 29.1 Å². The smallest absolute Gasteiger partial charge is 0.223 e. The number of rotatable bonds is 3. The standard InChI is InChI=1S/C12H13BrFNO/c1-7-2-11(7)12(16)15-6-8-3-9(13)5-10(14)4-8/h3-5,7,11H,2,6H2,1H3,(H,15,16)/t7-,11-/m1/s1. The molecule has 0 heterocycles. The van der Waals surface area contributed by atoms with Crippen molar-refractivity contribution in [1.82, 2.24) is 5.32 Å². The fourth-order valence-corrected chi connectivity index (χ4v) is 2.23. The van der Waals surface area contributed by atoms with Crippen LogP contribution >= 0.6 is 15.9 Å². The van der Waals surface area contributed by atoms with E-state index in [1.807, 2.05) is 0 Å². The summed E-state index contributed by atoms with van der Waals surface area (Å²) in [6.07, 6.45) is 0.971. The number of nitrogens with one attached hydrogen (secondary N) is 1. The Kier molecular flexibility index (Phi) is 3.28. The maximum Gasteiger partial charge on any atom is 0.223 e. The molecule has 0 bridgehead atoms. The van der Waals surface area contributed by atoms with Crippen LogP contribution in [0.5, 0.6) is 0 Å².